The Morgan fingerprint density at radius 3 is 2.28 bits per heavy atom. The molecule has 2 aromatic heterocycles. The van der Waals surface area contributed by atoms with E-state index in [4.69, 9.17) is 33.4 Å². The van der Waals surface area contributed by atoms with Gasteiger partial charge in [0.2, 0.25) is 0 Å². The number of carbonyl (C=O) groups excluding carboxylic acids is 1. The summed E-state index contributed by atoms with van der Waals surface area (Å²) in [5, 5.41) is 14.1. The number of carbonyl (C=O) groups is 1. The molecule has 0 saturated carbocycles. The normalized spacial score (nSPS) is 17.1. The van der Waals surface area contributed by atoms with Gasteiger partial charge in [-0.1, -0.05) is 44.2 Å². The molecular formula is C35H49N5O8S2. The molecule has 2 heterocycles. The topological polar surface area (TPSA) is 174 Å². The monoisotopic (exact) mass is 731 g/mol. The predicted molar refractivity (Wildman–Crippen MR) is 190 cm³/mol. The van der Waals surface area contributed by atoms with Crippen LogP contribution in [0.5, 0.6) is 0 Å². The van der Waals surface area contributed by atoms with E-state index >= 15 is 0 Å². The lowest BCUT2D eigenvalue weighted by Gasteiger charge is -2.21. The quantitative estimate of drug-likeness (QED) is 0.117. The van der Waals surface area contributed by atoms with Crippen LogP contribution in [0, 0.1) is 4.78 Å². The number of rotatable bonds is 20. The molecule has 15 heteroatoms. The molecule has 50 heavy (non-hydrogen) atoms. The number of urea groups is 1. The van der Waals surface area contributed by atoms with Gasteiger partial charge in [-0.15, -0.1) is 11.3 Å². The molecule has 0 fully saturated rings. The minimum absolute atomic E-state index is 0.0272. The SMILES string of the molecule is CC1(C)CCc2c1nc1c(c2NC(=O)NS(=N)(=O)c2cnc([C@@](C)(O)COCCOCCOCCOCCOCc3ccccc3)s2)CCC1. The Labute approximate surface area is 298 Å². The van der Waals surface area contributed by atoms with Gasteiger partial charge in [0.1, 0.15) is 14.8 Å². The van der Waals surface area contributed by atoms with E-state index in [1.807, 2.05) is 30.3 Å². The highest BCUT2D eigenvalue weighted by atomic mass is 32.2. The molecular weight excluding hydrogens is 683 g/mol. The largest absolute Gasteiger partial charge is 0.381 e. The molecule has 5 rings (SSSR count). The van der Waals surface area contributed by atoms with Gasteiger partial charge >= 0.3 is 6.03 Å². The van der Waals surface area contributed by atoms with Crippen molar-refractivity contribution in [3.05, 3.63) is 69.6 Å². The first-order valence-corrected chi connectivity index (χ1v) is 19.4. The number of hydrogen-bond donors (Lipinski definition) is 4. The van der Waals surface area contributed by atoms with Gasteiger partial charge in [0.05, 0.1) is 83.6 Å². The van der Waals surface area contributed by atoms with Crippen LogP contribution in [0.1, 0.15) is 66.7 Å². The van der Waals surface area contributed by atoms with Crippen molar-refractivity contribution in [1.82, 2.24) is 14.7 Å². The van der Waals surface area contributed by atoms with Gasteiger partial charge in [-0.3, -0.25) is 4.98 Å². The third-order valence-corrected chi connectivity index (χ3v) is 11.8. The summed E-state index contributed by atoms with van der Waals surface area (Å²) in [6, 6.07) is 9.26. The first-order chi connectivity index (χ1) is 24.0. The summed E-state index contributed by atoms with van der Waals surface area (Å²) in [5.74, 6) is 0. The van der Waals surface area contributed by atoms with E-state index in [0.29, 0.717) is 52.9 Å². The fourth-order valence-electron chi connectivity index (χ4n) is 5.97. The smallest absolute Gasteiger partial charge is 0.331 e. The summed E-state index contributed by atoms with van der Waals surface area (Å²) in [6.07, 6.45) is 5.64. The van der Waals surface area contributed by atoms with Crippen molar-refractivity contribution < 1.29 is 37.8 Å². The van der Waals surface area contributed by atoms with Crippen molar-refractivity contribution in [3.8, 4) is 0 Å². The van der Waals surface area contributed by atoms with Gasteiger partial charge in [-0.2, -0.15) is 0 Å². The van der Waals surface area contributed by atoms with Crippen LogP contribution >= 0.6 is 11.3 Å². The van der Waals surface area contributed by atoms with Crippen molar-refractivity contribution in [2.24, 2.45) is 0 Å². The van der Waals surface area contributed by atoms with Gasteiger partial charge in [0.25, 0.3) is 0 Å². The highest BCUT2D eigenvalue weighted by molar-refractivity contribution is 7.93. The number of fused-ring (bicyclic) bond motifs is 2. The zero-order valence-corrected chi connectivity index (χ0v) is 30.7. The molecule has 3 aromatic rings. The molecule has 0 aliphatic heterocycles. The minimum Gasteiger partial charge on any atom is -0.381 e. The van der Waals surface area contributed by atoms with Crippen molar-refractivity contribution >= 4 is 33.0 Å². The molecule has 1 unspecified atom stereocenters. The van der Waals surface area contributed by atoms with Gasteiger partial charge in [-0.05, 0) is 55.7 Å². The molecule has 2 aliphatic rings. The molecule has 13 nitrogen and oxygen atoms in total. The highest BCUT2D eigenvalue weighted by Crippen LogP contribution is 2.44. The van der Waals surface area contributed by atoms with E-state index in [1.165, 1.54) is 13.1 Å². The molecule has 0 saturated heterocycles. The Balaban J connectivity index is 0.960. The van der Waals surface area contributed by atoms with E-state index < -0.39 is 21.5 Å². The fourth-order valence-corrected chi connectivity index (χ4v) is 8.09. The van der Waals surface area contributed by atoms with E-state index in [9.17, 15) is 14.1 Å². The van der Waals surface area contributed by atoms with Crippen LogP contribution in [0.25, 0.3) is 0 Å². The second-order valence-electron chi connectivity index (χ2n) is 13.3. The maximum Gasteiger partial charge on any atom is 0.331 e. The van der Waals surface area contributed by atoms with Crippen molar-refractivity contribution in [3.63, 3.8) is 0 Å². The molecule has 0 spiro atoms. The number of thiazole rings is 1. The van der Waals surface area contributed by atoms with Crippen molar-refractivity contribution in [2.45, 2.75) is 74.7 Å². The minimum atomic E-state index is -3.75. The van der Waals surface area contributed by atoms with Crippen LogP contribution in [-0.2, 0) is 70.5 Å². The number of benzene rings is 1. The second-order valence-corrected chi connectivity index (χ2v) is 16.3. The number of ether oxygens (including phenoxy) is 5. The standard InChI is InChI=1S/C35H49N5O8S2/c1-34(2)13-12-27-30(26-10-7-11-28(26)38-31(27)34)39-33(41)40-50(36,43)29-22-37-32(49-29)35(3,42)24-48-21-19-46-17-15-44-14-16-45-18-20-47-23-25-8-5-4-6-9-25/h4-6,8-9,22,42H,7,10-21,23-24H2,1-3H3,(H3,36,38,39,40,41,43)/t35-,50?/m0/s1. The third kappa shape index (κ3) is 10.3. The van der Waals surface area contributed by atoms with E-state index in [2.05, 4.69) is 28.9 Å². The van der Waals surface area contributed by atoms with Crippen molar-refractivity contribution in [1.29, 1.82) is 4.78 Å². The molecule has 274 valence electrons. The Bertz CT molecular complexity index is 1680. The van der Waals surface area contributed by atoms with Gasteiger partial charge < -0.3 is 34.1 Å². The number of amides is 2. The summed E-state index contributed by atoms with van der Waals surface area (Å²) < 4.78 is 51.9. The number of nitrogens with zero attached hydrogens (tertiary/aromatic N) is 2. The molecule has 4 N–H and O–H groups in total. The van der Waals surface area contributed by atoms with Crippen LogP contribution in [0.3, 0.4) is 0 Å². The lowest BCUT2D eigenvalue weighted by Crippen LogP contribution is -2.34. The molecule has 0 radical (unpaired) electrons. The zero-order valence-electron chi connectivity index (χ0n) is 29.1. The van der Waals surface area contributed by atoms with Gasteiger partial charge in [-0.25, -0.2) is 23.5 Å². The second kappa shape index (κ2) is 17.5. The maximum absolute atomic E-state index is 13.3. The first-order valence-electron chi connectivity index (χ1n) is 17.0. The molecule has 1 aromatic carbocycles. The first kappa shape index (κ1) is 38.2. The summed E-state index contributed by atoms with van der Waals surface area (Å²) in [4.78, 5) is 22.2. The number of nitrogens with one attached hydrogen (secondary N) is 3. The number of aromatic nitrogens is 2. The molecule has 2 aliphatic carbocycles. The Kier molecular flexibility index (Phi) is 13.4. The van der Waals surface area contributed by atoms with Crippen LogP contribution in [-0.4, -0.2) is 84.8 Å². The van der Waals surface area contributed by atoms with Gasteiger partial charge in [0, 0.05) is 11.1 Å². The van der Waals surface area contributed by atoms with Gasteiger partial charge in [0.15, 0.2) is 9.92 Å². The maximum atomic E-state index is 13.3. The van der Waals surface area contributed by atoms with E-state index in [-0.39, 0.29) is 27.8 Å². The Morgan fingerprint density at radius 2 is 1.60 bits per heavy atom. The number of aliphatic hydroxyl groups is 1. The average Bonchev–Trinajstić information content (AvgIpc) is 3.83. The van der Waals surface area contributed by atoms with Crippen LogP contribution in [0.4, 0.5) is 10.5 Å². The Hall–Kier alpha value is -3.02. The van der Waals surface area contributed by atoms with Crippen LogP contribution in [0.2, 0.25) is 0 Å². The number of hydrogen-bond acceptors (Lipinski definition) is 12. The summed E-state index contributed by atoms with van der Waals surface area (Å²) in [6.45, 7) is 9.60. The average molecular weight is 732 g/mol. The lowest BCUT2D eigenvalue weighted by molar-refractivity contribution is -0.0563. The van der Waals surface area contributed by atoms with Crippen molar-refractivity contribution in [2.75, 3.05) is 64.8 Å². The number of pyridine rings is 1. The lowest BCUT2D eigenvalue weighted by atomic mass is 9.90. The predicted octanol–water partition coefficient (Wildman–Crippen LogP) is 4.88. The van der Waals surface area contributed by atoms with Crippen LogP contribution in [0.15, 0.2) is 40.7 Å². The van der Waals surface area contributed by atoms with E-state index in [1.54, 1.807) is 0 Å². The fraction of sp³-hybridized carbons (Fsp3) is 0.571. The van der Waals surface area contributed by atoms with Crippen LogP contribution < -0.4 is 10.0 Å². The number of aryl methyl sites for hydroxylation is 1. The summed E-state index contributed by atoms with van der Waals surface area (Å²) in [5.41, 5.74) is 4.35. The molecule has 2 atom stereocenters. The third-order valence-electron chi connectivity index (χ3n) is 8.65. The highest BCUT2D eigenvalue weighted by Gasteiger charge is 2.37. The molecule has 0 bridgehead atoms. The summed E-state index contributed by atoms with van der Waals surface area (Å²) >= 11 is 0.899. The zero-order chi connectivity index (χ0) is 35.6. The van der Waals surface area contributed by atoms with E-state index in [0.717, 1.165) is 77.2 Å². The summed E-state index contributed by atoms with van der Waals surface area (Å²) in [7, 11) is -3.75. The number of anilines is 1. The Morgan fingerprint density at radius 1 is 0.960 bits per heavy atom. The molecule has 2 amide bonds.